The van der Waals surface area contributed by atoms with Gasteiger partial charge in [-0.25, -0.2) is 4.98 Å². The first kappa shape index (κ1) is 21.7. The second kappa shape index (κ2) is 13.5. The van der Waals surface area contributed by atoms with Crippen molar-refractivity contribution in [3.05, 3.63) is 36.5 Å². The van der Waals surface area contributed by atoms with Crippen LogP contribution in [0.4, 0.5) is 5.82 Å². The maximum Gasteiger partial charge on any atom is 0.133 e. The maximum atomic E-state index is 4.54. The summed E-state index contributed by atoms with van der Waals surface area (Å²) in [7, 11) is 0. The van der Waals surface area contributed by atoms with Crippen molar-refractivity contribution in [2.45, 2.75) is 71.6 Å². The van der Waals surface area contributed by atoms with Crippen LogP contribution >= 0.6 is 0 Å². The number of pyridine rings is 1. The van der Waals surface area contributed by atoms with E-state index in [9.17, 15) is 0 Å². The number of anilines is 1. The predicted molar refractivity (Wildman–Crippen MR) is 120 cm³/mol. The van der Waals surface area contributed by atoms with Gasteiger partial charge in [0.1, 0.15) is 5.82 Å². The standard InChI is InChI=1S/C24H39N3/c1-3-5-7-11-19-27(20-12-8-6-4-2)21-13-17-25-24-23-15-10-9-14-22(23)16-18-26-24/h9-10,14-16,18H,3-8,11-13,17,19-21H2,1-2H3,(H,25,26). The third kappa shape index (κ3) is 8.30. The highest BCUT2D eigenvalue weighted by atomic mass is 15.1. The van der Waals surface area contributed by atoms with Crippen molar-refractivity contribution in [3.8, 4) is 0 Å². The topological polar surface area (TPSA) is 28.2 Å². The van der Waals surface area contributed by atoms with E-state index in [4.69, 9.17) is 0 Å². The number of rotatable bonds is 15. The Bertz CT molecular complexity index is 609. The molecule has 0 aliphatic rings. The smallest absolute Gasteiger partial charge is 0.133 e. The van der Waals surface area contributed by atoms with Gasteiger partial charge in [-0.1, -0.05) is 76.6 Å². The molecule has 3 heteroatoms. The molecule has 0 amide bonds. The molecule has 0 atom stereocenters. The Hall–Kier alpha value is -1.61. The molecule has 2 rings (SSSR count). The number of hydrogen-bond donors (Lipinski definition) is 1. The molecule has 0 unspecified atom stereocenters. The van der Waals surface area contributed by atoms with Crippen molar-refractivity contribution >= 4 is 16.6 Å². The summed E-state index contributed by atoms with van der Waals surface area (Å²) in [6.45, 7) is 9.28. The Morgan fingerprint density at radius 1 is 0.778 bits per heavy atom. The summed E-state index contributed by atoms with van der Waals surface area (Å²) < 4.78 is 0. The average Bonchev–Trinajstić information content (AvgIpc) is 2.71. The molecule has 150 valence electrons. The molecular weight excluding hydrogens is 330 g/mol. The van der Waals surface area contributed by atoms with E-state index in [1.54, 1.807) is 0 Å². The normalized spacial score (nSPS) is 11.4. The zero-order valence-electron chi connectivity index (χ0n) is 17.6. The van der Waals surface area contributed by atoms with Crippen LogP contribution in [-0.2, 0) is 0 Å². The molecule has 0 aliphatic carbocycles. The molecule has 27 heavy (non-hydrogen) atoms. The Morgan fingerprint density at radius 3 is 2.15 bits per heavy atom. The largest absolute Gasteiger partial charge is 0.370 e. The number of nitrogens with zero attached hydrogens (tertiary/aromatic N) is 2. The number of benzene rings is 1. The number of nitrogens with one attached hydrogen (secondary N) is 1. The molecule has 0 aliphatic heterocycles. The Labute approximate surface area is 166 Å². The van der Waals surface area contributed by atoms with Crippen LogP contribution < -0.4 is 5.32 Å². The van der Waals surface area contributed by atoms with Crippen molar-refractivity contribution in [1.29, 1.82) is 0 Å². The first-order valence-corrected chi connectivity index (χ1v) is 11.1. The molecule has 1 aromatic heterocycles. The van der Waals surface area contributed by atoms with Gasteiger partial charge >= 0.3 is 0 Å². The van der Waals surface area contributed by atoms with Gasteiger partial charge in [0.05, 0.1) is 0 Å². The number of aromatic nitrogens is 1. The van der Waals surface area contributed by atoms with E-state index >= 15 is 0 Å². The summed E-state index contributed by atoms with van der Waals surface area (Å²) in [5.74, 6) is 1.02. The number of hydrogen-bond acceptors (Lipinski definition) is 3. The monoisotopic (exact) mass is 369 g/mol. The lowest BCUT2D eigenvalue weighted by molar-refractivity contribution is 0.260. The molecule has 1 N–H and O–H groups in total. The molecule has 1 heterocycles. The molecule has 1 aromatic carbocycles. The fourth-order valence-electron chi connectivity index (χ4n) is 3.63. The zero-order chi connectivity index (χ0) is 19.2. The quantitative estimate of drug-likeness (QED) is 0.363. The van der Waals surface area contributed by atoms with Crippen molar-refractivity contribution in [2.24, 2.45) is 0 Å². The lowest BCUT2D eigenvalue weighted by Gasteiger charge is -2.22. The second-order valence-corrected chi connectivity index (χ2v) is 7.62. The van der Waals surface area contributed by atoms with E-state index in [2.05, 4.69) is 59.4 Å². The van der Waals surface area contributed by atoms with Crippen molar-refractivity contribution in [3.63, 3.8) is 0 Å². The molecule has 3 nitrogen and oxygen atoms in total. The van der Waals surface area contributed by atoms with Crippen molar-refractivity contribution in [1.82, 2.24) is 9.88 Å². The minimum Gasteiger partial charge on any atom is -0.370 e. The van der Waals surface area contributed by atoms with Crippen molar-refractivity contribution in [2.75, 3.05) is 31.5 Å². The van der Waals surface area contributed by atoms with Crippen LogP contribution in [0.1, 0.15) is 71.6 Å². The molecule has 0 spiro atoms. The van der Waals surface area contributed by atoms with E-state index in [0.717, 1.165) is 12.4 Å². The van der Waals surface area contributed by atoms with Crippen LogP contribution in [-0.4, -0.2) is 36.1 Å². The highest BCUT2D eigenvalue weighted by Gasteiger charge is 2.06. The highest BCUT2D eigenvalue weighted by Crippen LogP contribution is 2.20. The molecule has 0 radical (unpaired) electrons. The lowest BCUT2D eigenvalue weighted by Crippen LogP contribution is -2.28. The van der Waals surface area contributed by atoms with Gasteiger partial charge < -0.3 is 10.2 Å². The van der Waals surface area contributed by atoms with Crippen molar-refractivity contribution < 1.29 is 0 Å². The van der Waals surface area contributed by atoms with Gasteiger partial charge in [0, 0.05) is 18.1 Å². The van der Waals surface area contributed by atoms with E-state index in [1.165, 1.54) is 88.2 Å². The Morgan fingerprint density at radius 2 is 1.44 bits per heavy atom. The van der Waals surface area contributed by atoms with E-state index < -0.39 is 0 Å². The third-order valence-electron chi connectivity index (χ3n) is 5.27. The Kier molecular flexibility index (Phi) is 10.9. The first-order valence-electron chi connectivity index (χ1n) is 11.1. The third-order valence-corrected chi connectivity index (χ3v) is 5.27. The van der Waals surface area contributed by atoms with Gasteiger partial charge in [-0.2, -0.15) is 0 Å². The molecule has 0 bridgehead atoms. The molecule has 0 saturated carbocycles. The molecule has 2 aromatic rings. The fraction of sp³-hybridized carbons (Fsp3) is 0.625. The van der Waals surface area contributed by atoms with Crippen LogP contribution in [0, 0.1) is 0 Å². The summed E-state index contributed by atoms with van der Waals surface area (Å²) in [5, 5.41) is 6.03. The average molecular weight is 370 g/mol. The van der Waals surface area contributed by atoms with Gasteiger partial charge in [0.15, 0.2) is 0 Å². The van der Waals surface area contributed by atoms with E-state index in [-0.39, 0.29) is 0 Å². The van der Waals surface area contributed by atoms with Gasteiger partial charge in [-0.3, -0.25) is 0 Å². The zero-order valence-corrected chi connectivity index (χ0v) is 17.6. The molecule has 0 saturated heterocycles. The highest BCUT2D eigenvalue weighted by molar-refractivity contribution is 5.91. The van der Waals surface area contributed by atoms with Gasteiger partial charge in [-0.05, 0) is 50.3 Å². The lowest BCUT2D eigenvalue weighted by atomic mass is 10.1. The van der Waals surface area contributed by atoms with E-state index in [1.807, 2.05) is 6.20 Å². The van der Waals surface area contributed by atoms with Gasteiger partial charge in [-0.15, -0.1) is 0 Å². The summed E-state index contributed by atoms with van der Waals surface area (Å²) in [5.41, 5.74) is 0. The summed E-state index contributed by atoms with van der Waals surface area (Å²) in [6, 6.07) is 10.6. The number of fused-ring (bicyclic) bond motifs is 1. The predicted octanol–water partition coefficient (Wildman–Crippen LogP) is 6.50. The summed E-state index contributed by atoms with van der Waals surface area (Å²) in [6.07, 6.45) is 13.9. The van der Waals surface area contributed by atoms with E-state index in [0.29, 0.717) is 0 Å². The first-order chi connectivity index (χ1) is 13.3. The van der Waals surface area contributed by atoms with Crippen LogP contribution in [0.15, 0.2) is 36.5 Å². The van der Waals surface area contributed by atoms with Gasteiger partial charge in [0.25, 0.3) is 0 Å². The molecule has 0 fully saturated rings. The van der Waals surface area contributed by atoms with Crippen LogP contribution in [0.2, 0.25) is 0 Å². The fourth-order valence-corrected chi connectivity index (χ4v) is 3.63. The van der Waals surface area contributed by atoms with Crippen LogP contribution in [0.25, 0.3) is 10.8 Å². The second-order valence-electron chi connectivity index (χ2n) is 7.62. The minimum atomic E-state index is 0.988. The van der Waals surface area contributed by atoms with Gasteiger partial charge in [0.2, 0.25) is 0 Å². The maximum absolute atomic E-state index is 4.54. The summed E-state index contributed by atoms with van der Waals surface area (Å²) in [4.78, 5) is 7.22. The minimum absolute atomic E-state index is 0.988. The SMILES string of the molecule is CCCCCCN(CCCCCC)CCCNc1nccc2ccccc12. The van der Waals surface area contributed by atoms with Crippen LogP contribution in [0.3, 0.4) is 0 Å². The summed E-state index contributed by atoms with van der Waals surface area (Å²) >= 11 is 0. The van der Waals surface area contributed by atoms with Crippen LogP contribution in [0.5, 0.6) is 0 Å². The number of unbranched alkanes of at least 4 members (excludes halogenated alkanes) is 6. The molecular formula is C24H39N3. The Balaban J connectivity index is 1.75.